The van der Waals surface area contributed by atoms with Crippen molar-refractivity contribution >= 4 is 6.09 Å². The van der Waals surface area contributed by atoms with Crippen molar-refractivity contribution in [3.8, 4) is 0 Å². The molecule has 0 bridgehead atoms. The first-order valence-electron chi connectivity index (χ1n) is 3.31. The minimum atomic E-state index is -1.08. The smallest absolute Gasteiger partial charge is 0.433 e. The van der Waals surface area contributed by atoms with Crippen molar-refractivity contribution < 1.29 is 9.90 Å². The fraction of sp³-hybridized carbons (Fsp3) is 0.500. The normalized spacial score (nSPS) is 10.0. The fourth-order valence-electron chi connectivity index (χ4n) is 0.936. The summed E-state index contributed by atoms with van der Waals surface area (Å²) in [6, 6.07) is 0. The Hall–Kier alpha value is -1.39. The average molecular weight is 155 g/mol. The maximum absolute atomic E-state index is 10.5. The van der Waals surface area contributed by atoms with Crippen LogP contribution in [0.1, 0.15) is 18.3 Å². The van der Waals surface area contributed by atoms with Gasteiger partial charge in [0.2, 0.25) is 0 Å². The van der Waals surface area contributed by atoms with Crippen LogP contribution in [0.3, 0.4) is 0 Å². The number of hydrogen-bond donors (Lipinski definition) is 1. The van der Waals surface area contributed by atoms with Crippen LogP contribution in [-0.2, 0) is 6.42 Å². The van der Waals surface area contributed by atoms with Gasteiger partial charge in [-0.1, -0.05) is 12.1 Å². The van der Waals surface area contributed by atoms with Crippen molar-refractivity contribution in [1.82, 2.24) is 15.0 Å². The molecule has 0 spiro atoms. The zero-order chi connectivity index (χ0) is 8.43. The van der Waals surface area contributed by atoms with Crippen molar-refractivity contribution in [2.75, 3.05) is 0 Å². The van der Waals surface area contributed by atoms with Gasteiger partial charge >= 0.3 is 6.09 Å². The second kappa shape index (κ2) is 2.69. The molecule has 0 aliphatic heterocycles. The molecule has 0 aromatic carbocycles. The zero-order valence-electron chi connectivity index (χ0n) is 6.40. The molecule has 0 amide bonds. The van der Waals surface area contributed by atoms with Crippen molar-refractivity contribution in [3.05, 3.63) is 11.4 Å². The Morgan fingerprint density at radius 3 is 2.73 bits per heavy atom. The van der Waals surface area contributed by atoms with Gasteiger partial charge in [0.1, 0.15) is 0 Å². The van der Waals surface area contributed by atoms with Crippen LogP contribution in [0.15, 0.2) is 0 Å². The minimum Gasteiger partial charge on any atom is -0.463 e. The molecule has 5 heteroatoms. The molecular formula is C6H9N3O2. The standard InChI is InChI=1S/C6H9N3O2/c1-3-5-4(2)7-8-9(5)6(10)11/h3H2,1-2H3,(H,10,11). The summed E-state index contributed by atoms with van der Waals surface area (Å²) in [5.41, 5.74) is 1.33. The maximum atomic E-state index is 10.5. The number of aromatic nitrogens is 3. The van der Waals surface area contributed by atoms with E-state index in [2.05, 4.69) is 10.3 Å². The van der Waals surface area contributed by atoms with E-state index in [1.165, 1.54) is 0 Å². The maximum Gasteiger partial charge on any atom is 0.433 e. The first-order valence-corrected chi connectivity index (χ1v) is 3.31. The highest BCUT2D eigenvalue weighted by Gasteiger charge is 2.11. The van der Waals surface area contributed by atoms with E-state index in [0.29, 0.717) is 17.8 Å². The molecule has 1 aromatic rings. The first kappa shape index (κ1) is 7.71. The summed E-state index contributed by atoms with van der Waals surface area (Å²) in [4.78, 5) is 10.5. The topological polar surface area (TPSA) is 68.0 Å². The molecule has 1 aromatic heterocycles. The van der Waals surface area contributed by atoms with E-state index in [9.17, 15) is 4.79 Å². The molecule has 0 aliphatic rings. The number of hydrogen-bond acceptors (Lipinski definition) is 3. The van der Waals surface area contributed by atoms with Gasteiger partial charge in [-0.15, -0.1) is 9.78 Å². The van der Waals surface area contributed by atoms with Crippen LogP contribution in [0, 0.1) is 6.92 Å². The molecule has 1 rings (SSSR count). The second-order valence-electron chi connectivity index (χ2n) is 2.17. The average Bonchev–Trinajstić information content (AvgIpc) is 2.30. The van der Waals surface area contributed by atoms with Crippen molar-refractivity contribution in [2.45, 2.75) is 20.3 Å². The van der Waals surface area contributed by atoms with E-state index in [0.717, 1.165) is 4.68 Å². The largest absolute Gasteiger partial charge is 0.463 e. The van der Waals surface area contributed by atoms with E-state index in [1.54, 1.807) is 6.92 Å². The number of carboxylic acid groups (broad SMARTS) is 1. The SMILES string of the molecule is CCc1c(C)nnn1C(=O)O. The fourth-order valence-corrected chi connectivity index (χ4v) is 0.936. The number of aryl methyl sites for hydroxylation is 1. The molecule has 0 unspecified atom stereocenters. The Bertz CT molecular complexity index is 279. The predicted molar refractivity (Wildman–Crippen MR) is 37.6 cm³/mol. The van der Waals surface area contributed by atoms with Crippen LogP contribution < -0.4 is 0 Å². The van der Waals surface area contributed by atoms with E-state index in [4.69, 9.17) is 5.11 Å². The number of nitrogens with zero attached hydrogens (tertiary/aromatic N) is 3. The summed E-state index contributed by atoms with van der Waals surface area (Å²) >= 11 is 0. The van der Waals surface area contributed by atoms with Gasteiger partial charge in [-0.2, -0.15) is 0 Å². The molecule has 0 atom stereocenters. The van der Waals surface area contributed by atoms with Crippen LogP contribution >= 0.6 is 0 Å². The Morgan fingerprint density at radius 2 is 2.36 bits per heavy atom. The lowest BCUT2D eigenvalue weighted by Gasteiger charge is -1.95. The van der Waals surface area contributed by atoms with Crippen molar-refractivity contribution in [2.24, 2.45) is 0 Å². The lowest BCUT2D eigenvalue weighted by atomic mass is 10.3. The summed E-state index contributed by atoms with van der Waals surface area (Å²) in [6.45, 7) is 3.61. The van der Waals surface area contributed by atoms with Crippen LogP contribution in [0.2, 0.25) is 0 Å². The quantitative estimate of drug-likeness (QED) is 0.647. The van der Waals surface area contributed by atoms with Crippen LogP contribution in [0.5, 0.6) is 0 Å². The predicted octanol–water partition coefficient (Wildman–Crippen LogP) is 0.675. The van der Waals surface area contributed by atoms with Crippen molar-refractivity contribution in [1.29, 1.82) is 0 Å². The second-order valence-corrected chi connectivity index (χ2v) is 2.17. The lowest BCUT2D eigenvalue weighted by molar-refractivity contribution is 0.191. The van der Waals surface area contributed by atoms with Gasteiger partial charge < -0.3 is 5.11 Å². The summed E-state index contributed by atoms with van der Waals surface area (Å²) in [6.07, 6.45) is -0.451. The van der Waals surface area contributed by atoms with Crippen molar-refractivity contribution in [3.63, 3.8) is 0 Å². The molecule has 0 saturated carbocycles. The monoisotopic (exact) mass is 155 g/mol. The first-order chi connectivity index (χ1) is 5.16. The van der Waals surface area contributed by atoms with Crippen LogP contribution in [-0.4, -0.2) is 26.2 Å². The van der Waals surface area contributed by atoms with Gasteiger partial charge in [0.05, 0.1) is 11.4 Å². The van der Waals surface area contributed by atoms with Gasteiger partial charge in [-0.3, -0.25) is 0 Å². The summed E-state index contributed by atoms with van der Waals surface area (Å²) in [5, 5.41) is 15.7. The summed E-state index contributed by atoms with van der Waals surface area (Å²) in [7, 11) is 0. The van der Waals surface area contributed by atoms with E-state index in [-0.39, 0.29) is 0 Å². The molecule has 0 radical (unpaired) electrons. The third kappa shape index (κ3) is 1.21. The molecule has 60 valence electrons. The lowest BCUT2D eigenvalue weighted by Crippen LogP contribution is -2.13. The molecule has 0 aliphatic carbocycles. The van der Waals surface area contributed by atoms with Gasteiger partial charge in [-0.05, 0) is 13.3 Å². The molecule has 1 N–H and O–H groups in total. The molecule has 1 heterocycles. The van der Waals surface area contributed by atoms with E-state index < -0.39 is 6.09 Å². The Kier molecular flexibility index (Phi) is 1.89. The molecule has 11 heavy (non-hydrogen) atoms. The summed E-state index contributed by atoms with van der Waals surface area (Å²) < 4.78 is 0.898. The van der Waals surface area contributed by atoms with Gasteiger partial charge in [0.15, 0.2) is 0 Å². The number of rotatable bonds is 1. The molecule has 0 fully saturated rings. The zero-order valence-corrected chi connectivity index (χ0v) is 6.40. The summed E-state index contributed by atoms with van der Waals surface area (Å²) in [5.74, 6) is 0. The van der Waals surface area contributed by atoms with Crippen LogP contribution in [0.25, 0.3) is 0 Å². The number of carbonyl (C=O) groups is 1. The highest BCUT2D eigenvalue weighted by atomic mass is 16.4. The Morgan fingerprint density at radius 1 is 1.73 bits per heavy atom. The van der Waals surface area contributed by atoms with Gasteiger partial charge in [-0.25, -0.2) is 4.79 Å². The Labute approximate surface area is 63.6 Å². The highest BCUT2D eigenvalue weighted by Crippen LogP contribution is 2.03. The highest BCUT2D eigenvalue weighted by molar-refractivity contribution is 5.67. The van der Waals surface area contributed by atoms with Crippen LogP contribution in [0.4, 0.5) is 4.79 Å². The van der Waals surface area contributed by atoms with Gasteiger partial charge in [0.25, 0.3) is 0 Å². The van der Waals surface area contributed by atoms with Gasteiger partial charge in [0, 0.05) is 0 Å². The van der Waals surface area contributed by atoms with E-state index in [1.807, 2.05) is 6.92 Å². The minimum absolute atomic E-state index is 0.630. The third-order valence-corrected chi connectivity index (χ3v) is 1.47. The van der Waals surface area contributed by atoms with E-state index >= 15 is 0 Å². The molecule has 5 nitrogen and oxygen atoms in total. The third-order valence-electron chi connectivity index (χ3n) is 1.47. The molecule has 0 saturated heterocycles. The molecular weight excluding hydrogens is 146 g/mol. The Balaban J connectivity index is 3.15.